The molecule has 1 atom stereocenters. The summed E-state index contributed by atoms with van der Waals surface area (Å²) in [6.45, 7) is 0.986. The predicted molar refractivity (Wildman–Crippen MR) is 41.4 cm³/mol. The molecule has 0 radical (unpaired) electrons. The fourth-order valence-corrected chi connectivity index (χ4v) is 1.59. The van der Waals surface area contributed by atoms with Gasteiger partial charge in [-0.1, -0.05) is 19.1 Å². The molecule has 0 aromatic carbocycles. The van der Waals surface area contributed by atoms with E-state index in [-0.39, 0.29) is 0 Å². The minimum absolute atomic E-state index is 0.878. The monoisotopic (exact) mass is 126 g/mol. The highest BCUT2D eigenvalue weighted by Gasteiger charge is 2.12. The maximum atomic E-state index is 5.08. The van der Waals surface area contributed by atoms with Gasteiger partial charge in [0.05, 0.1) is 0 Å². The van der Waals surface area contributed by atoms with Crippen LogP contribution >= 0.6 is 0 Å². The van der Waals surface area contributed by atoms with Crippen molar-refractivity contribution in [1.82, 2.24) is 0 Å². The molecule has 1 rings (SSSR count). The minimum atomic E-state index is 0.878. The quantitative estimate of drug-likeness (QED) is 0.507. The molecule has 0 N–H and O–H groups in total. The molecule has 2 heteroatoms. The molecule has 0 amide bonds. The number of hydrogen-bond acceptors (Lipinski definition) is 1. The summed E-state index contributed by atoms with van der Waals surface area (Å²) in [6.07, 6.45) is 5.66. The Morgan fingerprint density at radius 1 is 1.67 bits per heavy atom. The van der Waals surface area contributed by atoms with Gasteiger partial charge in [0.2, 0.25) is 0 Å². The molecule has 0 spiro atoms. The Bertz CT molecular complexity index is 66.6. The highest BCUT2D eigenvalue weighted by Crippen LogP contribution is 2.19. The van der Waals surface area contributed by atoms with Gasteiger partial charge in [-0.3, -0.25) is 0 Å². The normalized spacial score (nSPS) is 27.4. The number of methoxy groups -OCH3 is 1. The predicted octanol–water partition coefficient (Wildman–Crippen LogP) is 1.32. The summed E-state index contributed by atoms with van der Waals surface area (Å²) in [5.74, 6) is 0.878. The highest BCUT2D eigenvalue weighted by molar-refractivity contribution is 6.35. The van der Waals surface area contributed by atoms with Crippen LogP contribution in [0.4, 0.5) is 0 Å². The van der Waals surface area contributed by atoms with Gasteiger partial charge in [-0.15, -0.1) is 0 Å². The first-order chi connectivity index (χ1) is 4.43. The fraction of sp³-hybridized carbons (Fsp3) is 1.00. The fourth-order valence-electron chi connectivity index (χ4n) is 1.59. The van der Waals surface area contributed by atoms with Crippen LogP contribution in [0, 0.1) is 5.92 Å². The lowest BCUT2D eigenvalue weighted by molar-refractivity contribution is 0.153. The first-order valence-electron chi connectivity index (χ1n) is 3.92. The lowest BCUT2D eigenvalue weighted by Gasteiger charge is -2.19. The molecule has 1 aliphatic rings. The van der Waals surface area contributed by atoms with E-state index < -0.39 is 0 Å². The van der Waals surface area contributed by atoms with Crippen molar-refractivity contribution in [1.29, 1.82) is 0 Å². The Morgan fingerprint density at radius 3 is 3.11 bits per heavy atom. The van der Waals surface area contributed by atoms with Gasteiger partial charge in [0, 0.05) is 13.7 Å². The zero-order valence-corrected chi connectivity index (χ0v) is 6.23. The topological polar surface area (TPSA) is 9.23 Å². The van der Waals surface area contributed by atoms with Crippen molar-refractivity contribution in [2.24, 2.45) is 5.92 Å². The molecule has 0 unspecified atom stereocenters. The summed E-state index contributed by atoms with van der Waals surface area (Å²) in [4.78, 5) is 0. The molecule has 1 aliphatic heterocycles. The number of rotatable bonds is 2. The SMILES string of the molecule is COC[C@H]1CBCCC1. The third kappa shape index (κ3) is 2.40. The van der Waals surface area contributed by atoms with Gasteiger partial charge in [0.1, 0.15) is 7.28 Å². The van der Waals surface area contributed by atoms with Gasteiger partial charge < -0.3 is 4.74 Å². The van der Waals surface area contributed by atoms with Crippen molar-refractivity contribution < 1.29 is 4.74 Å². The van der Waals surface area contributed by atoms with Crippen molar-refractivity contribution in [3.8, 4) is 0 Å². The summed E-state index contributed by atoms with van der Waals surface area (Å²) in [6, 6.07) is 0. The second-order valence-corrected chi connectivity index (χ2v) is 2.96. The lowest BCUT2D eigenvalue weighted by atomic mass is 9.60. The van der Waals surface area contributed by atoms with E-state index in [0.29, 0.717) is 0 Å². The van der Waals surface area contributed by atoms with Gasteiger partial charge in [-0.25, -0.2) is 0 Å². The molecule has 1 fully saturated rings. The Morgan fingerprint density at radius 2 is 2.56 bits per heavy atom. The lowest BCUT2D eigenvalue weighted by Crippen LogP contribution is -2.15. The van der Waals surface area contributed by atoms with Crippen LogP contribution in [-0.2, 0) is 4.74 Å². The summed E-state index contributed by atoms with van der Waals surface area (Å²) >= 11 is 0. The smallest absolute Gasteiger partial charge is 0.121 e. The Kier molecular flexibility index (Phi) is 3.12. The molecule has 0 aromatic rings. The molecular formula is C7H15BO. The van der Waals surface area contributed by atoms with E-state index in [1.807, 2.05) is 0 Å². The van der Waals surface area contributed by atoms with E-state index in [0.717, 1.165) is 12.5 Å². The molecule has 52 valence electrons. The van der Waals surface area contributed by atoms with Crippen molar-refractivity contribution in [3.63, 3.8) is 0 Å². The third-order valence-electron chi connectivity index (χ3n) is 2.13. The van der Waals surface area contributed by atoms with E-state index in [1.54, 1.807) is 7.11 Å². The van der Waals surface area contributed by atoms with Gasteiger partial charge in [-0.05, 0) is 12.3 Å². The zero-order chi connectivity index (χ0) is 6.53. The van der Waals surface area contributed by atoms with Gasteiger partial charge in [0.15, 0.2) is 0 Å². The highest BCUT2D eigenvalue weighted by atomic mass is 16.5. The van der Waals surface area contributed by atoms with Gasteiger partial charge >= 0.3 is 0 Å². The summed E-state index contributed by atoms with van der Waals surface area (Å²) < 4.78 is 5.08. The molecule has 1 saturated heterocycles. The standard InChI is InChI=1S/C7H15BO/c1-9-6-7-3-2-4-8-5-7/h7-8H,2-6H2,1H3/t7-/m1/s1. The summed E-state index contributed by atoms with van der Waals surface area (Å²) in [5.41, 5.74) is 0. The maximum absolute atomic E-state index is 5.08. The number of ether oxygens (including phenoxy) is 1. The second-order valence-electron chi connectivity index (χ2n) is 2.96. The first kappa shape index (κ1) is 7.14. The van der Waals surface area contributed by atoms with E-state index in [1.165, 1.54) is 32.8 Å². The molecule has 0 aromatic heterocycles. The van der Waals surface area contributed by atoms with E-state index in [9.17, 15) is 0 Å². The van der Waals surface area contributed by atoms with Crippen LogP contribution < -0.4 is 0 Å². The maximum Gasteiger partial charge on any atom is 0.121 e. The van der Waals surface area contributed by atoms with Crippen LogP contribution in [0.25, 0.3) is 0 Å². The zero-order valence-electron chi connectivity index (χ0n) is 6.23. The van der Waals surface area contributed by atoms with Crippen molar-refractivity contribution in [2.75, 3.05) is 13.7 Å². The van der Waals surface area contributed by atoms with Crippen LogP contribution in [0.5, 0.6) is 0 Å². The average Bonchev–Trinajstić information content (AvgIpc) is 1.91. The van der Waals surface area contributed by atoms with Crippen LogP contribution in [0.1, 0.15) is 12.8 Å². The Balaban J connectivity index is 2.08. The van der Waals surface area contributed by atoms with Crippen LogP contribution in [0.2, 0.25) is 12.6 Å². The summed E-state index contributed by atoms with van der Waals surface area (Å²) in [5, 5.41) is 0. The van der Waals surface area contributed by atoms with Crippen LogP contribution in [0.15, 0.2) is 0 Å². The van der Waals surface area contributed by atoms with Crippen molar-refractivity contribution >= 4 is 7.28 Å². The Hall–Kier alpha value is 0.0249. The minimum Gasteiger partial charge on any atom is -0.384 e. The van der Waals surface area contributed by atoms with Gasteiger partial charge in [-0.2, -0.15) is 0 Å². The van der Waals surface area contributed by atoms with E-state index in [2.05, 4.69) is 0 Å². The molecule has 1 nitrogen and oxygen atoms in total. The second kappa shape index (κ2) is 3.94. The third-order valence-corrected chi connectivity index (χ3v) is 2.13. The molecular weight excluding hydrogens is 111 g/mol. The average molecular weight is 126 g/mol. The van der Waals surface area contributed by atoms with Gasteiger partial charge in [0.25, 0.3) is 0 Å². The molecule has 0 saturated carbocycles. The molecule has 9 heavy (non-hydrogen) atoms. The Labute approximate surface area is 58.0 Å². The van der Waals surface area contributed by atoms with E-state index in [4.69, 9.17) is 4.74 Å². The van der Waals surface area contributed by atoms with Crippen molar-refractivity contribution in [2.45, 2.75) is 25.5 Å². The van der Waals surface area contributed by atoms with Crippen LogP contribution in [-0.4, -0.2) is 21.0 Å². The molecule has 1 heterocycles. The van der Waals surface area contributed by atoms with Crippen molar-refractivity contribution in [3.05, 3.63) is 0 Å². The van der Waals surface area contributed by atoms with Crippen LogP contribution in [0.3, 0.4) is 0 Å². The molecule has 0 aliphatic carbocycles. The molecule has 0 bridgehead atoms. The first-order valence-corrected chi connectivity index (χ1v) is 3.92. The van der Waals surface area contributed by atoms with E-state index >= 15 is 0 Å². The number of hydrogen-bond donors (Lipinski definition) is 0. The summed E-state index contributed by atoms with van der Waals surface area (Å²) in [7, 11) is 3.22. The largest absolute Gasteiger partial charge is 0.384 e.